The molecule has 1 fully saturated rings. The number of nitrogens with zero attached hydrogens (tertiary/aromatic N) is 4. The minimum Gasteiger partial charge on any atom is -0.487 e. The number of alkyl halides is 3. The molecule has 0 aromatic heterocycles. The van der Waals surface area contributed by atoms with E-state index >= 15 is 0 Å². The molecule has 2 amide bonds. The Kier molecular flexibility index (Phi) is 5.68. The molecule has 3 aliphatic heterocycles. The van der Waals surface area contributed by atoms with Crippen molar-refractivity contribution in [1.82, 2.24) is 9.80 Å². The molecular formula is C21H22F4N4O3. The van der Waals surface area contributed by atoms with Crippen molar-refractivity contribution in [2.75, 3.05) is 13.1 Å². The van der Waals surface area contributed by atoms with Gasteiger partial charge in [-0.25, -0.2) is 4.39 Å². The van der Waals surface area contributed by atoms with Crippen molar-refractivity contribution in [3.05, 3.63) is 41.0 Å². The van der Waals surface area contributed by atoms with Crippen molar-refractivity contribution in [2.24, 2.45) is 16.1 Å². The molecule has 1 aromatic carbocycles. The fraction of sp³-hybridized carbons (Fsp3) is 0.524. The number of halogens is 4. The van der Waals surface area contributed by atoms with Gasteiger partial charge in [0.2, 0.25) is 5.91 Å². The maximum absolute atomic E-state index is 14.7. The third-order valence-corrected chi connectivity index (χ3v) is 6.18. The first kappa shape index (κ1) is 22.2. The fourth-order valence-corrected chi connectivity index (χ4v) is 4.45. The highest BCUT2D eigenvalue weighted by Gasteiger charge is 2.51. The Labute approximate surface area is 181 Å². The van der Waals surface area contributed by atoms with Crippen molar-refractivity contribution in [3.8, 4) is 5.75 Å². The highest BCUT2D eigenvalue weighted by molar-refractivity contribution is 5.83. The van der Waals surface area contributed by atoms with Crippen LogP contribution in [0.1, 0.15) is 43.9 Å². The highest BCUT2D eigenvalue weighted by atomic mass is 19.4. The molecule has 2 unspecified atom stereocenters. The van der Waals surface area contributed by atoms with E-state index in [0.29, 0.717) is 37.1 Å². The van der Waals surface area contributed by atoms with Gasteiger partial charge in [0.25, 0.3) is 5.91 Å². The molecule has 3 aliphatic rings. The molecule has 4 rings (SSSR count). The second kappa shape index (κ2) is 8.18. The van der Waals surface area contributed by atoms with Gasteiger partial charge in [-0.05, 0) is 30.2 Å². The first-order valence-electron chi connectivity index (χ1n) is 10.3. The summed E-state index contributed by atoms with van der Waals surface area (Å²) < 4.78 is 61.2. The maximum Gasteiger partial charge on any atom is 0.406 e. The number of hydrogen-bond acceptors (Lipinski definition) is 5. The van der Waals surface area contributed by atoms with Gasteiger partial charge in [-0.2, -0.15) is 18.3 Å². The molecule has 32 heavy (non-hydrogen) atoms. The SMILES string of the molecule is CC(=O)N1CCC(Oc2cc3c(cc2F)CN(C2=CN=NC(=O)C2C(F)(F)F)C3C)CC1. The Balaban J connectivity index is 1.54. The van der Waals surface area contributed by atoms with Crippen LogP contribution in [0.25, 0.3) is 0 Å². The molecule has 0 saturated carbocycles. The second-order valence-corrected chi connectivity index (χ2v) is 8.19. The number of fused-ring (bicyclic) bond motifs is 1. The van der Waals surface area contributed by atoms with Crippen molar-refractivity contribution in [1.29, 1.82) is 0 Å². The lowest BCUT2D eigenvalue weighted by molar-refractivity contribution is -0.177. The Hall–Kier alpha value is -2.98. The molecule has 2 atom stereocenters. The van der Waals surface area contributed by atoms with Crippen molar-refractivity contribution >= 4 is 11.8 Å². The number of likely N-dealkylation sites (tertiary alicyclic amines) is 1. The molecule has 1 saturated heterocycles. The largest absolute Gasteiger partial charge is 0.487 e. The van der Waals surface area contributed by atoms with Crippen LogP contribution in [0.2, 0.25) is 0 Å². The second-order valence-electron chi connectivity index (χ2n) is 8.19. The van der Waals surface area contributed by atoms with Crippen LogP contribution < -0.4 is 4.74 Å². The summed E-state index contributed by atoms with van der Waals surface area (Å²) in [6.45, 7) is 4.22. The number of hydrogen-bond donors (Lipinski definition) is 0. The van der Waals surface area contributed by atoms with E-state index in [4.69, 9.17) is 4.74 Å². The van der Waals surface area contributed by atoms with E-state index in [9.17, 15) is 27.2 Å². The summed E-state index contributed by atoms with van der Waals surface area (Å²) in [5.74, 6) is -4.37. The van der Waals surface area contributed by atoms with Crippen LogP contribution in [-0.2, 0) is 16.1 Å². The lowest BCUT2D eigenvalue weighted by atomic mass is 10.0. The third-order valence-electron chi connectivity index (χ3n) is 6.18. The van der Waals surface area contributed by atoms with Gasteiger partial charge in [0.05, 0.1) is 17.9 Å². The van der Waals surface area contributed by atoms with Crippen LogP contribution in [0.15, 0.2) is 34.3 Å². The van der Waals surface area contributed by atoms with E-state index < -0.39 is 29.9 Å². The lowest BCUT2D eigenvalue weighted by Crippen LogP contribution is -2.40. The summed E-state index contributed by atoms with van der Waals surface area (Å²) in [5, 5.41) is 6.46. The smallest absolute Gasteiger partial charge is 0.406 e. The van der Waals surface area contributed by atoms with Gasteiger partial charge >= 0.3 is 6.18 Å². The van der Waals surface area contributed by atoms with E-state index in [1.54, 1.807) is 11.8 Å². The summed E-state index contributed by atoms with van der Waals surface area (Å²) >= 11 is 0. The van der Waals surface area contributed by atoms with Crippen LogP contribution in [0.5, 0.6) is 5.75 Å². The Bertz CT molecular complexity index is 999. The van der Waals surface area contributed by atoms with Gasteiger partial charge in [0, 0.05) is 39.4 Å². The number of piperidine rings is 1. The number of ether oxygens (including phenoxy) is 1. The van der Waals surface area contributed by atoms with Crippen molar-refractivity contribution < 1.29 is 31.9 Å². The summed E-state index contributed by atoms with van der Waals surface area (Å²) in [4.78, 5) is 26.4. The number of carbonyl (C=O) groups is 2. The maximum atomic E-state index is 14.7. The normalized spacial score (nSPS) is 23.9. The Morgan fingerprint density at radius 1 is 1.22 bits per heavy atom. The third kappa shape index (κ3) is 4.07. The topological polar surface area (TPSA) is 74.6 Å². The standard InChI is InChI=1S/C21H22F4N4O3/c1-11-15-8-18(32-14-3-5-28(6-4-14)12(2)30)16(22)7-13(15)10-29(11)17-9-26-27-20(31)19(17)21(23,24)25/h7-9,11,14,19H,3-6,10H2,1-2H3. The first-order chi connectivity index (χ1) is 15.1. The molecule has 0 N–H and O–H groups in total. The molecule has 0 aliphatic carbocycles. The minimum atomic E-state index is -4.81. The number of carbonyl (C=O) groups excluding carboxylic acids is 2. The fourth-order valence-electron chi connectivity index (χ4n) is 4.45. The van der Waals surface area contributed by atoms with Gasteiger partial charge in [-0.3, -0.25) is 9.59 Å². The van der Waals surface area contributed by atoms with Crippen molar-refractivity contribution in [2.45, 2.75) is 51.6 Å². The molecule has 0 bridgehead atoms. The zero-order chi connectivity index (χ0) is 23.2. The van der Waals surface area contributed by atoms with E-state index in [0.717, 1.165) is 6.20 Å². The van der Waals surface area contributed by atoms with E-state index in [-0.39, 0.29) is 30.0 Å². The molecule has 172 valence electrons. The molecular weight excluding hydrogens is 432 g/mol. The predicted molar refractivity (Wildman–Crippen MR) is 104 cm³/mol. The molecule has 1 aromatic rings. The summed E-state index contributed by atoms with van der Waals surface area (Å²) in [6.07, 6.45) is -3.01. The van der Waals surface area contributed by atoms with Crippen molar-refractivity contribution in [3.63, 3.8) is 0 Å². The number of amides is 2. The predicted octanol–water partition coefficient (Wildman–Crippen LogP) is 4.10. The molecule has 0 radical (unpaired) electrons. The van der Waals surface area contributed by atoms with E-state index in [1.807, 2.05) is 0 Å². The average Bonchev–Trinajstić information content (AvgIpc) is 3.03. The number of rotatable bonds is 3. The van der Waals surface area contributed by atoms with E-state index in [1.165, 1.54) is 24.0 Å². The Morgan fingerprint density at radius 2 is 1.91 bits per heavy atom. The van der Waals surface area contributed by atoms with Crippen LogP contribution in [0.3, 0.4) is 0 Å². The van der Waals surface area contributed by atoms with Gasteiger partial charge in [-0.15, -0.1) is 5.11 Å². The van der Waals surface area contributed by atoms with Crippen LogP contribution in [0.4, 0.5) is 17.6 Å². The summed E-state index contributed by atoms with van der Waals surface area (Å²) in [5.41, 5.74) is 0.838. The zero-order valence-corrected chi connectivity index (χ0v) is 17.5. The van der Waals surface area contributed by atoms with Gasteiger partial charge in [0.1, 0.15) is 6.10 Å². The molecule has 3 heterocycles. The highest BCUT2D eigenvalue weighted by Crippen LogP contribution is 2.45. The number of azo groups is 1. The first-order valence-corrected chi connectivity index (χ1v) is 10.3. The van der Waals surface area contributed by atoms with Gasteiger partial charge in [-0.1, -0.05) is 0 Å². The summed E-state index contributed by atoms with van der Waals surface area (Å²) in [7, 11) is 0. The van der Waals surface area contributed by atoms with Crippen LogP contribution in [-0.4, -0.2) is 47.0 Å². The van der Waals surface area contributed by atoms with Gasteiger partial charge in [0.15, 0.2) is 17.5 Å². The molecule has 7 nitrogen and oxygen atoms in total. The monoisotopic (exact) mass is 454 g/mol. The lowest BCUT2D eigenvalue weighted by Gasteiger charge is -2.32. The number of benzene rings is 1. The van der Waals surface area contributed by atoms with E-state index in [2.05, 4.69) is 10.2 Å². The van der Waals surface area contributed by atoms with Crippen LogP contribution >= 0.6 is 0 Å². The summed E-state index contributed by atoms with van der Waals surface area (Å²) in [6, 6.07) is 2.23. The Morgan fingerprint density at radius 3 is 2.53 bits per heavy atom. The van der Waals surface area contributed by atoms with Crippen LogP contribution in [0, 0.1) is 11.7 Å². The van der Waals surface area contributed by atoms with Gasteiger partial charge < -0.3 is 14.5 Å². The quantitative estimate of drug-likeness (QED) is 0.645. The minimum absolute atomic E-state index is 0.00587. The molecule has 11 heteroatoms. The average molecular weight is 454 g/mol. The molecule has 0 spiro atoms. The zero-order valence-electron chi connectivity index (χ0n) is 17.5.